The lowest BCUT2D eigenvalue weighted by Crippen LogP contribution is -2.39. The second kappa shape index (κ2) is 13.7. The molecule has 0 aliphatic carbocycles. The van der Waals surface area contributed by atoms with Gasteiger partial charge in [-0.1, -0.05) is 75.8 Å². The molecule has 2 aromatic heterocycles. The van der Waals surface area contributed by atoms with Gasteiger partial charge in [0.15, 0.2) is 16.3 Å². The van der Waals surface area contributed by atoms with E-state index in [4.69, 9.17) is 19.2 Å². The molecule has 228 valence electrons. The van der Waals surface area contributed by atoms with Gasteiger partial charge in [0.25, 0.3) is 5.56 Å². The van der Waals surface area contributed by atoms with E-state index in [2.05, 4.69) is 31.9 Å². The van der Waals surface area contributed by atoms with Crippen molar-refractivity contribution in [3.05, 3.63) is 140 Å². The summed E-state index contributed by atoms with van der Waals surface area (Å²) in [5.41, 5.74) is 3.09. The third-order valence-electron chi connectivity index (χ3n) is 7.03. The van der Waals surface area contributed by atoms with Crippen molar-refractivity contribution in [1.82, 2.24) is 4.57 Å². The van der Waals surface area contributed by atoms with Crippen LogP contribution in [0.15, 0.2) is 109 Å². The first-order chi connectivity index (χ1) is 21.9. The maximum absolute atomic E-state index is 14.1. The van der Waals surface area contributed by atoms with Crippen LogP contribution in [0.3, 0.4) is 0 Å². The molecule has 1 aliphatic rings. The SMILES string of the molecule is CCOC(=O)C1=C(c2ccccc2)N=c2s/c(=C\c3cc(Br)c(OCc4ccc(Br)cc4)c(OC)c3)c(=O)n2[C@H]1c1cccs1. The van der Waals surface area contributed by atoms with Crippen molar-refractivity contribution >= 4 is 72.3 Å². The van der Waals surface area contributed by atoms with Crippen LogP contribution in [0, 0.1) is 0 Å². The van der Waals surface area contributed by atoms with E-state index in [1.807, 2.05) is 84.2 Å². The fourth-order valence-electron chi connectivity index (χ4n) is 5.01. The Hall–Kier alpha value is -3.77. The van der Waals surface area contributed by atoms with Gasteiger partial charge in [0.2, 0.25) is 0 Å². The largest absolute Gasteiger partial charge is 0.493 e. The summed E-state index contributed by atoms with van der Waals surface area (Å²) in [5, 5.41) is 1.93. The summed E-state index contributed by atoms with van der Waals surface area (Å²) in [5.74, 6) is 0.580. The molecule has 0 amide bonds. The van der Waals surface area contributed by atoms with Gasteiger partial charge in [-0.2, -0.15) is 0 Å². The van der Waals surface area contributed by atoms with Gasteiger partial charge in [-0.25, -0.2) is 9.79 Å². The van der Waals surface area contributed by atoms with Crippen molar-refractivity contribution in [1.29, 1.82) is 0 Å². The lowest BCUT2D eigenvalue weighted by Gasteiger charge is -2.24. The quantitative estimate of drug-likeness (QED) is 0.150. The highest BCUT2D eigenvalue weighted by Gasteiger charge is 2.35. The van der Waals surface area contributed by atoms with E-state index in [0.29, 0.717) is 43.2 Å². The first-order valence-electron chi connectivity index (χ1n) is 13.9. The maximum atomic E-state index is 14.1. The van der Waals surface area contributed by atoms with Crippen molar-refractivity contribution in [2.45, 2.75) is 19.6 Å². The number of benzene rings is 3. The summed E-state index contributed by atoms with van der Waals surface area (Å²) in [6, 6.07) is 24.3. The van der Waals surface area contributed by atoms with Gasteiger partial charge in [-0.05, 0) is 75.8 Å². The lowest BCUT2D eigenvalue weighted by atomic mass is 9.97. The third kappa shape index (κ3) is 6.48. The lowest BCUT2D eigenvalue weighted by molar-refractivity contribution is -0.138. The summed E-state index contributed by atoms with van der Waals surface area (Å²) in [6.07, 6.45) is 1.80. The Bertz CT molecular complexity index is 2070. The van der Waals surface area contributed by atoms with Gasteiger partial charge in [0.05, 0.1) is 34.0 Å². The number of carbonyl (C=O) groups is 1. The van der Waals surface area contributed by atoms with Crippen LogP contribution in [0.5, 0.6) is 11.5 Å². The van der Waals surface area contributed by atoms with Crippen LogP contribution in [0.2, 0.25) is 0 Å². The molecule has 0 bridgehead atoms. The number of esters is 1. The molecule has 11 heteroatoms. The predicted octanol–water partition coefficient (Wildman–Crippen LogP) is 7.11. The highest BCUT2D eigenvalue weighted by atomic mass is 79.9. The van der Waals surface area contributed by atoms with E-state index in [1.165, 1.54) is 22.7 Å². The van der Waals surface area contributed by atoms with E-state index in [0.717, 1.165) is 26.0 Å². The molecule has 0 radical (unpaired) electrons. The minimum absolute atomic E-state index is 0.200. The Labute approximate surface area is 284 Å². The van der Waals surface area contributed by atoms with Crippen LogP contribution in [0.25, 0.3) is 11.8 Å². The van der Waals surface area contributed by atoms with Crippen LogP contribution < -0.4 is 24.4 Å². The van der Waals surface area contributed by atoms with Gasteiger partial charge in [-0.3, -0.25) is 9.36 Å². The predicted molar refractivity (Wildman–Crippen MR) is 185 cm³/mol. The number of hydrogen-bond donors (Lipinski definition) is 0. The fraction of sp³-hybridized carbons (Fsp3) is 0.147. The Morgan fingerprint density at radius 1 is 1.04 bits per heavy atom. The number of methoxy groups -OCH3 is 1. The number of ether oxygens (including phenoxy) is 3. The second-order valence-electron chi connectivity index (χ2n) is 9.90. The van der Waals surface area contributed by atoms with E-state index < -0.39 is 12.0 Å². The number of thiazole rings is 1. The van der Waals surface area contributed by atoms with Gasteiger partial charge in [0, 0.05) is 14.9 Å². The van der Waals surface area contributed by atoms with E-state index in [-0.39, 0.29) is 12.2 Å². The Morgan fingerprint density at radius 3 is 2.51 bits per heavy atom. The van der Waals surface area contributed by atoms with Crippen molar-refractivity contribution in [2.75, 3.05) is 13.7 Å². The van der Waals surface area contributed by atoms with Gasteiger partial charge in [-0.15, -0.1) is 11.3 Å². The van der Waals surface area contributed by atoms with Crippen LogP contribution in [-0.2, 0) is 16.1 Å². The molecule has 1 atom stereocenters. The monoisotopic (exact) mass is 764 g/mol. The molecule has 0 N–H and O–H groups in total. The van der Waals surface area contributed by atoms with Crippen molar-refractivity contribution in [3.63, 3.8) is 0 Å². The molecule has 5 aromatic rings. The summed E-state index contributed by atoms with van der Waals surface area (Å²) in [7, 11) is 1.58. The Kier molecular flexibility index (Phi) is 9.50. The van der Waals surface area contributed by atoms with Crippen LogP contribution in [0.4, 0.5) is 0 Å². The summed E-state index contributed by atoms with van der Waals surface area (Å²) in [4.78, 5) is 33.9. The standard InChI is InChI=1S/C34H26Br2N2O5S2/c1-3-42-33(40)28-29(22-8-5-4-6-9-22)37-34-38(30(28)26-10-7-15-44-26)32(39)27(45-34)18-21-16-24(36)31(25(17-21)41-2)43-19-20-11-13-23(35)14-12-20/h4-18,30H,3,19H2,1-2H3/b27-18-/t30-/m0/s1. The molecule has 0 saturated carbocycles. The molecule has 45 heavy (non-hydrogen) atoms. The molecule has 3 aromatic carbocycles. The zero-order valence-corrected chi connectivity index (χ0v) is 29.0. The molecular weight excluding hydrogens is 740 g/mol. The average Bonchev–Trinajstić information content (AvgIpc) is 3.69. The second-order valence-corrected chi connectivity index (χ2v) is 13.7. The normalized spacial score (nSPS) is 14.6. The maximum Gasteiger partial charge on any atom is 0.338 e. The van der Waals surface area contributed by atoms with Gasteiger partial charge < -0.3 is 14.2 Å². The molecule has 6 rings (SSSR count). The van der Waals surface area contributed by atoms with Gasteiger partial charge >= 0.3 is 5.97 Å². The minimum atomic E-state index is -0.687. The number of aromatic nitrogens is 1. The number of carbonyl (C=O) groups excluding carboxylic acids is 1. The van der Waals surface area contributed by atoms with E-state index in [1.54, 1.807) is 24.7 Å². The number of fused-ring (bicyclic) bond motifs is 1. The highest BCUT2D eigenvalue weighted by molar-refractivity contribution is 9.10. The molecule has 0 spiro atoms. The first-order valence-corrected chi connectivity index (χ1v) is 17.2. The van der Waals surface area contributed by atoms with Crippen molar-refractivity contribution in [2.24, 2.45) is 4.99 Å². The number of hydrogen-bond acceptors (Lipinski definition) is 8. The summed E-state index contributed by atoms with van der Waals surface area (Å²) in [6.45, 7) is 2.32. The minimum Gasteiger partial charge on any atom is -0.493 e. The first kappa shape index (κ1) is 31.2. The Balaban J connectivity index is 1.46. The molecule has 1 aliphatic heterocycles. The van der Waals surface area contributed by atoms with Gasteiger partial charge in [0.1, 0.15) is 12.6 Å². The zero-order chi connectivity index (χ0) is 31.5. The molecule has 7 nitrogen and oxygen atoms in total. The molecule has 3 heterocycles. The van der Waals surface area contributed by atoms with Crippen molar-refractivity contribution in [3.8, 4) is 11.5 Å². The van der Waals surface area contributed by atoms with Crippen LogP contribution in [-0.4, -0.2) is 24.3 Å². The average molecular weight is 767 g/mol. The number of halogens is 2. The number of rotatable bonds is 9. The van der Waals surface area contributed by atoms with E-state index in [9.17, 15) is 9.59 Å². The van der Waals surface area contributed by atoms with E-state index >= 15 is 0 Å². The smallest absolute Gasteiger partial charge is 0.338 e. The topological polar surface area (TPSA) is 79.1 Å². The molecule has 0 unspecified atom stereocenters. The number of thiophene rings is 1. The number of nitrogens with zero attached hydrogens (tertiary/aromatic N) is 2. The van der Waals surface area contributed by atoms with Crippen LogP contribution >= 0.6 is 54.5 Å². The summed E-state index contributed by atoms with van der Waals surface area (Å²) < 4.78 is 21.1. The Morgan fingerprint density at radius 2 is 1.82 bits per heavy atom. The fourth-order valence-corrected chi connectivity index (χ4v) is 7.67. The molecule has 0 fully saturated rings. The third-order valence-corrected chi connectivity index (χ3v) is 10.1. The van der Waals surface area contributed by atoms with Crippen molar-refractivity contribution < 1.29 is 19.0 Å². The summed E-state index contributed by atoms with van der Waals surface area (Å²) >= 11 is 9.83. The highest BCUT2D eigenvalue weighted by Crippen LogP contribution is 2.38. The molecule has 0 saturated heterocycles. The van der Waals surface area contributed by atoms with Crippen LogP contribution in [0.1, 0.15) is 34.5 Å². The molecular formula is C34H26Br2N2O5S2. The zero-order valence-electron chi connectivity index (χ0n) is 24.2.